The lowest BCUT2D eigenvalue weighted by Crippen LogP contribution is -2.43. The fraction of sp³-hybridized carbons (Fsp3) is 0.389. The van der Waals surface area contributed by atoms with Crippen LogP contribution in [-0.2, 0) is 4.74 Å². The highest BCUT2D eigenvalue weighted by molar-refractivity contribution is 5.99. The van der Waals surface area contributed by atoms with E-state index in [-0.39, 0.29) is 11.9 Å². The minimum Gasteiger partial charge on any atom is -0.465 e. The second-order valence-corrected chi connectivity index (χ2v) is 5.91. The standard InChI is InChI=1S/C18H23N3O3/c1-13-6-7-17(24-13)16(21-8-10-23-11-9-21)12-20-18(22)14-4-2-3-5-15(14)19/h2-7,16H,8-12,19H2,1H3,(H,20,22). The Balaban J connectivity index is 1.72. The molecule has 3 rings (SSSR count). The largest absolute Gasteiger partial charge is 0.465 e. The highest BCUT2D eigenvalue weighted by Gasteiger charge is 2.26. The molecule has 1 unspecified atom stereocenters. The number of nitrogens with two attached hydrogens (primary N) is 1. The van der Waals surface area contributed by atoms with Gasteiger partial charge in [-0.25, -0.2) is 0 Å². The van der Waals surface area contributed by atoms with E-state index in [9.17, 15) is 4.79 Å². The molecule has 6 heteroatoms. The van der Waals surface area contributed by atoms with E-state index in [4.69, 9.17) is 14.9 Å². The van der Waals surface area contributed by atoms with E-state index in [0.717, 1.165) is 24.6 Å². The molecule has 128 valence electrons. The van der Waals surface area contributed by atoms with Crippen molar-refractivity contribution in [3.05, 3.63) is 53.5 Å². The van der Waals surface area contributed by atoms with Gasteiger partial charge in [0.1, 0.15) is 11.5 Å². The first-order valence-electron chi connectivity index (χ1n) is 8.16. The number of nitrogens with zero attached hydrogens (tertiary/aromatic N) is 1. The van der Waals surface area contributed by atoms with Gasteiger partial charge in [0.15, 0.2) is 0 Å². The van der Waals surface area contributed by atoms with Crippen molar-refractivity contribution < 1.29 is 13.9 Å². The summed E-state index contributed by atoms with van der Waals surface area (Å²) < 4.78 is 11.2. The van der Waals surface area contributed by atoms with Gasteiger partial charge >= 0.3 is 0 Å². The molecule has 2 heterocycles. The monoisotopic (exact) mass is 329 g/mol. The minimum absolute atomic E-state index is 0.0171. The fourth-order valence-electron chi connectivity index (χ4n) is 2.92. The number of benzene rings is 1. The van der Waals surface area contributed by atoms with Crippen molar-refractivity contribution in [3.8, 4) is 0 Å². The molecule has 1 fully saturated rings. The molecule has 2 aromatic rings. The Labute approximate surface area is 141 Å². The molecule has 0 saturated carbocycles. The van der Waals surface area contributed by atoms with Crippen LogP contribution in [0.15, 0.2) is 40.8 Å². The van der Waals surface area contributed by atoms with Crippen LogP contribution in [0.5, 0.6) is 0 Å². The first-order chi connectivity index (χ1) is 11.6. The number of morpholine rings is 1. The summed E-state index contributed by atoms with van der Waals surface area (Å²) in [5.74, 6) is 1.55. The molecule has 24 heavy (non-hydrogen) atoms. The smallest absolute Gasteiger partial charge is 0.253 e. The SMILES string of the molecule is Cc1ccc(C(CNC(=O)c2ccccc2N)N2CCOCC2)o1. The number of anilines is 1. The Kier molecular flexibility index (Phi) is 5.17. The van der Waals surface area contributed by atoms with E-state index in [1.165, 1.54) is 0 Å². The Bertz CT molecular complexity index is 692. The lowest BCUT2D eigenvalue weighted by molar-refractivity contribution is 0.0117. The van der Waals surface area contributed by atoms with E-state index in [1.807, 2.05) is 25.1 Å². The average Bonchev–Trinajstić information content (AvgIpc) is 3.02. The van der Waals surface area contributed by atoms with Gasteiger partial charge in [-0.2, -0.15) is 0 Å². The second kappa shape index (κ2) is 7.51. The molecule has 1 saturated heterocycles. The molecule has 1 aliphatic heterocycles. The number of amides is 1. The van der Waals surface area contributed by atoms with Crippen LogP contribution in [0.2, 0.25) is 0 Å². The zero-order chi connectivity index (χ0) is 16.9. The number of nitrogens with one attached hydrogen (secondary N) is 1. The molecule has 1 aliphatic rings. The van der Waals surface area contributed by atoms with Gasteiger partial charge in [0.2, 0.25) is 0 Å². The van der Waals surface area contributed by atoms with Gasteiger partial charge in [-0.1, -0.05) is 12.1 Å². The predicted octanol–water partition coefficient (Wildman–Crippen LogP) is 1.97. The van der Waals surface area contributed by atoms with Gasteiger partial charge in [0.05, 0.1) is 24.8 Å². The Morgan fingerprint density at radius 3 is 2.67 bits per heavy atom. The zero-order valence-corrected chi connectivity index (χ0v) is 13.8. The van der Waals surface area contributed by atoms with Crippen molar-refractivity contribution in [2.24, 2.45) is 0 Å². The third-order valence-electron chi connectivity index (χ3n) is 4.24. The normalized spacial score (nSPS) is 16.7. The van der Waals surface area contributed by atoms with E-state index in [0.29, 0.717) is 31.0 Å². The number of aryl methyl sites for hydroxylation is 1. The van der Waals surface area contributed by atoms with Crippen molar-refractivity contribution in [2.45, 2.75) is 13.0 Å². The minimum atomic E-state index is -0.172. The summed E-state index contributed by atoms with van der Waals surface area (Å²) in [6, 6.07) is 11.0. The van der Waals surface area contributed by atoms with E-state index in [2.05, 4.69) is 10.2 Å². The molecule has 1 atom stereocenters. The number of para-hydroxylation sites is 1. The third-order valence-corrected chi connectivity index (χ3v) is 4.24. The Hall–Kier alpha value is -2.31. The summed E-state index contributed by atoms with van der Waals surface area (Å²) in [5.41, 5.74) is 6.85. The van der Waals surface area contributed by atoms with Crippen LogP contribution in [0.25, 0.3) is 0 Å². The molecule has 0 bridgehead atoms. The van der Waals surface area contributed by atoms with Gasteiger partial charge in [-0.15, -0.1) is 0 Å². The van der Waals surface area contributed by atoms with E-state index >= 15 is 0 Å². The van der Waals surface area contributed by atoms with Crippen molar-refractivity contribution >= 4 is 11.6 Å². The van der Waals surface area contributed by atoms with Crippen molar-refractivity contribution in [3.63, 3.8) is 0 Å². The number of nitrogen functional groups attached to an aromatic ring is 1. The maximum Gasteiger partial charge on any atom is 0.253 e. The first-order valence-corrected chi connectivity index (χ1v) is 8.16. The van der Waals surface area contributed by atoms with Gasteiger partial charge in [0, 0.05) is 25.3 Å². The number of furan rings is 1. The van der Waals surface area contributed by atoms with Crippen LogP contribution in [-0.4, -0.2) is 43.7 Å². The predicted molar refractivity (Wildman–Crippen MR) is 91.8 cm³/mol. The molecule has 1 aromatic carbocycles. The number of rotatable bonds is 5. The number of carbonyl (C=O) groups is 1. The molecule has 1 amide bonds. The summed E-state index contributed by atoms with van der Waals surface area (Å²) in [5, 5.41) is 2.98. The van der Waals surface area contributed by atoms with Crippen molar-refractivity contribution in [2.75, 3.05) is 38.6 Å². The number of ether oxygens (including phenoxy) is 1. The summed E-state index contributed by atoms with van der Waals surface area (Å²) in [4.78, 5) is 14.7. The molecule has 0 aliphatic carbocycles. The number of hydrogen-bond acceptors (Lipinski definition) is 5. The average molecular weight is 329 g/mol. The Morgan fingerprint density at radius 2 is 2.00 bits per heavy atom. The lowest BCUT2D eigenvalue weighted by Gasteiger charge is -2.33. The summed E-state index contributed by atoms with van der Waals surface area (Å²) in [6.45, 7) is 5.39. The van der Waals surface area contributed by atoms with Crippen LogP contribution in [0.4, 0.5) is 5.69 Å². The van der Waals surface area contributed by atoms with Crippen LogP contribution >= 0.6 is 0 Å². The maximum absolute atomic E-state index is 12.4. The second-order valence-electron chi connectivity index (χ2n) is 5.91. The topological polar surface area (TPSA) is 80.7 Å². The quantitative estimate of drug-likeness (QED) is 0.820. The van der Waals surface area contributed by atoms with Gasteiger partial charge in [0.25, 0.3) is 5.91 Å². The van der Waals surface area contributed by atoms with Crippen molar-refractivity contribution in [1.29, 1.82) is 0 Å². The van der Waals surface area contributed by atoms with Gasteiger partial charge in [-0.05, 0) is 31.2 Å². The number of hydrogen-bond donors (Lipinski definition) is 2. The Morgan fingerprint density at radius 1 is 1.25 bits per heavy atom. The zero-order valence-electron chi connectivity index (χ0n) is 13.8. The molecule has 3 N–H and O–H groups in total. The highest BCUT2D eigenvalue weighted by Crippen LogP contribution is 2.23. The van der Waals surface area contributed by atoms with Crippen LogP contribution in [0.1, 0.15) is 27.9 Å². The molecular weight excluding hydrogens is 306 g/mol. The third kappa shape index (κ3) is 3.77. The first kappa shape index (κ1) is 16.5. The van der Waals surface area contributed by atoms with E-state index < -0.39 is 0 Å². The maximum atomic E-state index is 12.4. The summed E-state index contributed by atoms with van der Waals surface area (Å²) >= 11 is 0. The molecule has 6 nitrogen and oxygen atoms in total. The highest BCUT2D eigenvalue weighted by atomic mass is 16.5. The molecule has 0 spiro atoms. The fourth-order valence-corrected chi connectivity index (χ4v) is 2.92. The summed E-state index contributed by atoms with van der Waals surface area (Å²) in [6.07, 6.45) is 0. The van der Waals surface area contributed by atoms with E-state index in [1.54, 1.807) is 18.2 Å². The van der Waals surface area contributed by atoms with Crippen LogP contribution < -0.4 is 11.1 Å². The number of carbonyl (C=O) groups excluding carboxylic acids is 1. The molecule has 0 radical (unpaired) electrons. The van der Waals surface area contributed by atoms with Gasteiger partial charge < -0.3 is 20.2 Å². The molecule has 1 aromatic heterocycles. The van der Waals surface area contributed by atoms with Gasteiger partial charge in [-0.3, -0.25) is 9.69 Å². The van der Waals surface area contributed by atoms with Crippen molar-refractivity contribution in [1.82, 2.24) is 10.2 Å². The van der Waals surface area contributed by atoms with Crippen LogP contribution in [0, 0.1) is 6.92 Å². The lowest BCUT2D eigenvalue weighted by atomic mass is 10.1. The van der Waals surface area contributed by atoms with Crippen LogP contribution in [0.3, 0.4) is 0 Å². The summed E-state index contributed by atoms with van der Waals surface area (Å²) in [7, 11) is 0. The molecular formula is C18H23N3O3.